The number of piperidine rings is 1. The molecule has 166 valence electrons. The Morgan fingerprint density at radius 2 is 1.83 bits per heavy atom. The molecule has 2 aliphatic heterocycles. The molecule has 1 aromatic heterocycles. The molecule has 3 rings (SSSR count). The van der Waals surface area contributed by atoms with E-state index in [0.29, 0.717) is 12.1 Å². The highest BCUT2D eigenvalue weighted by Gasteiger charge is 2.26. The zero-order valence-corrected chi connectivity index (χ0v) is 20.9. The first kappa shape index (κ1) is 24.5. The standard InChI is InChI=1S/C22H39N5O.HI/c1-5-23-22(25-19-10-14-26(15-11-19)17(2)3)24-16-20(27-12-6-7-13-27)21-9-8-18(4)28-21;/h8-9,17,19-20H,5-7,10-16H2,1-4H3,(H2,23,24,25);1H. The number of nitrogens with zero attached hydrogens (tertiary/aromatic N) is 3. The van der Waals surface area contributed by atoms with Gasteiger partial charge in [0.15, 0.2) is 5.96 Å². The van der Waals surface area contributed by atoms with Crippen molar-refractivity contribution in [2.24, 2.45) is 4.99 Å². The van der Waals surface area contributed by atoms with Gasteiger partial charge in [-0.3, -0.25) is 9.89 Å². The molecule has 7 heteroatoms. The smallest absolute Gasteiger partial charge is 0.191 e. The summed E-state index contributed by atoms with van der Waals surface area (Å²) in [5, 5.41) is 7.12. The fourth-order valence-corrected chi connectivity index (χ4v) is 4.32. The summed E-state index contributed by atoms with van der Waals surface area (Å²) in [7, 11) is 0. The van der Waals surface area contributed by atoms with Crippen LogP contribution in [0.15, 0.2) is 21.5 Å². The van der Waals surface area contributed by atoms with E-state index in [4.69, 9.17) is 9.41 Å². The van der Waals surface area contributed by atoms with Gasteiger partial charge in [0.25, 0.3) is 0 Å². The third-order valence-electron chi connectivity index (χ3n) is 6.04. The SMILES string of the molecule is CCNC(=NCC(c1ccc(C)o1)N1CCCC1)NC1CCN(C(C)C)CC1.I. The molecule has 6 nitrogen and oxygen atoms in total. The van der Waals surface area contributed by atoms with Crippen LogP contribution in [0.5, 0.6) is 0 Å². The molecule has 0 bridgehead atoms. The Morgan fingerprint density at radius 3 is 2.38 bits per heavy atom. The normalized spacial score (nSPS) is 20.7. The number of rotatable bonds is 7. The molecule has 0 aromatic carbocycles. The molecule has 2 saturated heterocycles. The van der Waals surface area contributed by atoms with Gasteiger partial charge in [0.1, 0.15) is 11.5 Å². The summed E-state index contributed by atoms with van der Waals surface area (Å²) < 4.78 is 5.98. The van der Waals surface area contributed by atoms with Gasteiger partial charge in [0.05, 0.1) is 12.6 Å². The van der Waals surface area contributed by atoms with Crippen LogP contribution in [0.1, 0.15) is 64.0 Å². The number of hydrogen-bond acceptors (Lipinski definition) is 4. The Labute approximate surface area is 193 Å². The summed E-state index contributed by atoms with van der Waals surface area (Å²) in [5.74, 6) is 2.97. The monoisotopic (exact) mass is 517 g/mol. The number of likely N-dealkylation sites (tertiary alicyclic amines) is 2. The summed E-state index contributed by atoms with van der Waals surface area (Å²) in [6.45, 7) is 14.9. The average Bonchev–Trinajstić information content (AvgIpc) is 3.35. The van der Waals surface area contributed by atoms with E-state index >= 15 is 0 Å². The molecule has 2 N–H and O–H groups in total. The maximum Gasteiger partial charge on any atom is 0.191 e. The fraction of sp³-hybridized carbons (Fsp3) is 0.773. The first-order chi connectivity index (χ1) is 13.6. The first-order valence-corrected chi connectivity index (χ1v) is 11.2. The maximum atomic E-state index is 5.98. The number of aliphatic imine (C=N–C) groups is 1. The summed E-state index contributed by atoms with van der Waals surface area (Å²) in [6.07, 6.45) is 4.89. The van der Waals surface area contributed by atoms with Gasteiger partial charge >= 0.3 is 0 Å². The predicted octanol–water partition coefficient (Wildman–Crippen LogP) is 3.77. The highest BCUT2D eigenvalue weighted by atomic mass is 127. The van der Waals surface area contributed by atoms with Gasteiger partial charge in [-0.05, 0) is 78.6 Å². The second-order valence-corrected chi connectivity index (χ2v) is 8.48. The van der Waals surface area contributed by atoms with Gasteiger partial charge in [0, 0.05) is 31.7 Å². The van der Waals surface area contributed by atoms with Crippen molar-refractivity contribution in [3.63, 3.8) is 0 Å². The van der Waals surface area contributed by atoms with E-state index in [9.17, 15) is 0 Å². The van der Waals surface area contributed by atoms with Crippen LogP contribution in [0.4, 0.5) is 0 Å². The lowest BCUT2D eigenvalue weighted by molar-refractivity contribution is 0.167. The molecule has 0 amide bonds. The van der Waals surface area contributed by atoms with E-state index in [1.54, 1.807) is 0 Å². The molecule has 3 heterocycles. The molecule has 2 aliphatic rings. The van der Waals surface area contributed by atoms with Crippen LogP contribution >= 0.6 is 24.0 Å². The van der Waals surface area contributed by atoms with Gasteiger partial charge in [-0.1, -0.05) is 0 Å². The lowest BCUT2D eigenvalue weighted by Gasteiger charge is -2.35. The fourth-order valence-electron chi connectivity index (χ4n) is 4.32. The zero-order valence-electron chi connectivity index (χ0n) is 18.6. The minimum absolute atomic E-state index is 0. The second kappa shape index (κ2) is 12.2. The van der Waals surface area contributed by atoms with Crippen LogP contribution in [0.2, 0.25) is 0 Å². The third kappa shape index (κ3) is 7.14. The van der Waals surface area contributed by atoms with Crippen molar-refractivity contribution in [1.82, 2.24) is 20.4 Å². The molecule has 0 radical (unpaired) electrons. The largest absolute Gasteiger partial charge is 0.465 e. The Balaban J connectivity index is 0.00000300. The summed E-state index contributed by atoms with van der Waals surface area (Å²) in [5.41, 5.74) is 0. The molecular weight excluding hydrogens is 477 g/mol. The molecule has 2 fully saturated rings. The predicted molar refractivity (Wildman–Crippen MR) is 131 cm³/mol. The van der Waals surface area contributed by atoms with E-state index in [1.807, 2.05) is 6.92 Å². The van der Waals surface area contributed by atoms with Gasteiger partial charge in [0.2, 0.25) is 0 Å². The quantitative estimate of drug-likeness (QED) is 0.328. The number of aryl methyl sites for hydroxylation is 1. The molecule has 0 spiro atoms. The van der Waals surface area contributed by atoms with Crippen molar-refractivity contribution in [1.29, 1.82) is 0 Å². The first-order valence-electron chi connectivity index (χ1n) is 11.2. The van der Waals surface area contributed by atoms with Crippen LogP contribution in [0.25, 0.3) is 0 Å². The molecule has 29 heavy (non-hydrogen) atoms. The van der Waals surface area contributed by atoms with Crippen molar-refractivity contribution in [2.75, 3.05) is 39.3 Å². The highest BCUT2D eigenvalue weighted by Crippen LogP contribution is 2.27. The van der Waals surface area contributed by atoms with Crippen molar-refractivity contribution in [3.05, 3.63) is 23.7 Å². The van der Waals surface area contributed by atoms with E-state index in [-0.39, 0.29) is 30.0 Å². The van der Waals surface area contributed by atoms with E-state index in [2.05, 4.69) is 53.3 Å². The van der Waals surface area contributed by atoms with Gasteiger partial charge < -0.3 is 20.0 Å². The molecule has 1 aromatic rings. The van der Waals surface area contributed by atoms with Gasteiger partial charge in [-0.25, -0.2) is 0 Å². The van der Waals surface area contributed by atoms with Crippen LogP contribution < -0.4 is 10.6 Å². The number of hydrogen-bond donors (Lipinski definition) is 2. The third-order valence-corrected chi connectivity index (χ3v) is 6.04. The summed E-state index contributed by atoms with van der Waals surface area (Å²) in [4.78, 5) is 10.1. The van der Waals surface area contributed by atoms with Crippen molar-refractivity contribution in [2.45, 2.75) is 71.5 Å². The average molecular weight is 518 g/mol. The number of nitrogens with one attached hydrogen (secondary N) is 2. The topological polar surface area (TPSA) is 56.0 Å². The molecular formula is C22H40IN5O. The van der Waals surface area contributed by atoms with Crippen molar-refractivity contribution < 1.29 is 4.42 Å². The van der Waals surface area contributed by atoms with E-state index < -0.39 is 0 Å². The lowest BCUT2D eigenvalue weighted by Crippen LogP contribution is -2.50. The summed E-state index contributed by atoms with van der Waals surface area (Å²) in [6, 6.07) is 5.56. The maximum absolute atomic E-state index is 5.98. The highest BCUT2D eigenvalue weighted by molar-refractivity contribution is 14.0. The number of halogens is 1. The van der Waals surface area contributed by atoms with E-state index in [1.165, 1.54) is 25.7 Å². The second-order valence-electron chi connectivity index (χ2n) is 8.48. The van der Waals surface area contributed by atoms with Crippen LogP contribution in [0, 0.1) is 6.92 Å². The van der Waals surface area contributed by atoms with Gasteiger partial charge in [-0.2, -0.15) is 0 Å². The van der Waals surface area contributed by atoms with Crippen LogP contribution in [-0.4, -0.2) is 67.1 Å². The van der Waals surface area contributed by atoms with E-state index in [0.717, 1.165) is 56.7 Å². The van der Waals surface area contributed by atoms with Crippen molar-refractivity contribution >= 4 is 29.9 Å². The Morgan fingerprint density at radius 1 is 1.14 bits per heavy atom. The number of guanidine groups is 1. The lowest BCUT2D eigenvalue weighted by atomic mass is 10.0. The molecule has 0 aliphatic carbocycles. The van der Waals surface area contributed by atoms with Crippen molar-refractivity contribution in [3.8, 4) is 0 Å². The van der Waals surface area contributed by atoms with Crippen LogP contribution in [0.3, 0.4) is 0 Å². The minimum atomic E-state index is 0. The molecule has 1 atom stereocenters. The zero-order chi connectivity index (χ0) is 19.9. The Kier molecular flexibility index (Phi) is 10.3. The Hall–Kier alpha value is -0.800. The molecule has 1 unspecified atom stereocenters. The number of furan rings is 1. The van der Waals surface area contributed by atoms with Crippen LogP contribution in [-0.2, 0) is 0 Å². The molecule has 0 saturated carbocycles. The Bertz CT molecular complexity index is 618. The minimum Gasteiger partial charge on any atom is -0.465 e. The van der Waals surface area contributed by atoms with Gasteiger partial charge in [-0.15, -0.1) is 24.0 Å². The summed E-state index contributed by atoms with van der Waals surface area (Å²) >= 11 is 0.